The largest absolute Gasteiger partial charge is 0.226 e. The molecule has 3 heteroatoms. The first-order chi connectivity index (χ1) is 4.79. The van der Waals surface area contributed by atoms with E-state index < -0.39 is 0 Å². The van der Waals surface area contributed by atoms with Crippen molar-refractivity contribution in [3.8, 4) is 0 Å². The Kier molecular flexibility index (Phi) is 4.85. The molecule has 0 saturated heterocycles. The summed E-state index contributed by atoms with van der Waals surface area (Å²) >= 11 is 5.39. The molecular weight excluding hydrogens is 148 g/mol. The SMILES string of the molecule is CC.Cc1cnc(Cl)nc1. The van der Waals surface area contributed by atoms with Crippen LogP contribution in [0, 0.1) is 6.92 Å². The maximum absolute atomic E-state index is 5.39. The maximum Gasteiger partial charge on any atom is 0.222 e. The van der Waals surface area contributed by atoms with E-state index in [4.69, 9.17) is 11.6 Å². The molecule has 0 aliphatic rings. The summed E-state index contributed by atoms with van der Waals surface area (Å²) in [4.78, 5) is 7.47. The Morgan fingerprint density at radius 3 is 1.90 bits per heavy atom. The van der Waals surface area contributed by atoms with Crippen molar-refractivity contribution in [3.63, 3.8) is 0 Å². The number of nitrogens with zero attached hydrogens (tertiary/aromatic N) is 2. The molecule has 1 rings (SSSR count). The van der Waals surface area contributed by atoms with Crippen LogP contribution in [0.3, 0.4) is 0 Å². The highest BCUT2D eigenvalue weighted by molar-refractivity contribution is 6.28. The summed E-state index contributed by atoms with van der Waals surface area (Å²) in [6.07, 6.45) is 3.35. The van der Waals surface area contributed by atoms with Gasteiger partial charge in [-0.25, -0.2) is 9.97 Å². The van der Waals surface area contributed by atoms with Crippen molar-refractivity contribution in [1.82, 2.24) is 9.97 Å². The maximum atomic E-state index is 5.39. The average molecular weight is 159 g/mol. The van der Waals surface area contributed by atoms with Gasteiger partial charge < -0.3 is 0 Å². The van der Waals surface area contributed by atoms with Gasteiger partial charge in [0.25, 0.3) is 0 Å². The van der Waals surface area contributed by atoms with Crippen LogP contribution in [-0.4, -0.2) is 9.97 Å². The van der Waals surface area contributed by atoms with Crippen molar-refractivity contribution in [2.24, 2.45) is 0 Å². The highest BCUT2D eigenvalue weighted by atomic mass is 35.5. The van der Waals surface area contributed by atoms with Gasteiger partial charge in [0.2, 0.25) is 5.28 Å². The summed E-state index contributed by atoms with van der Waals surface area (Å²) in [5, 5.41) is 0.301. The van der Waals surface area contributed by atoms with Gasteiger partial charge in [-0.05, 0) is 24.1 Å². The summed E-state index contributed by atoms with van der Waals surface area (Å²) < 4.78 is 0. The number of rotatable bonds is 0. The molecule has 0 aliphatic heterocycles. The van der Waals surface area contributed by atoms with Crippen molar-refractivity contribution < 1.29 is 0 Å². The molecule has 10 heavy (non-hydrogen) atoms. The van der Waals surface area contributed by atoms with Gasteiger partial charge >= 0.3 is 0 Å². The molecule has 0 atom stereocenters. The Morgan fingerprint density at radius 1 is 1.20 bits per heavy atom. The molecule has 0 N–H and O–H groups in total. The van der Waals surface area contributed by atoms with Gasteiger partial charge in [0.05, 0.1) is 0 Å². The fraction of sp³-hybridized carbons (Fsp3) is 0.429. The van der Waals surface area contributed by atoms with Crippen LogP contribution < -0.4 is 0 Å². The second-order valence-electron chi connectivity index (χ2n) is 1.53. The van der Waals surface area contributed by atoms with E-state index in [9.17, 15) is 0 Å². The zero-order valence-corrected chi connectivity index (χ0v) is 7.18. The van der Waals surface area contributed by atoms with Crippen LogP contribution in [0.5, 0.6) is 0 Å². The molecule has 0 radical (unpaired) electrons. The molecule has 1 aromatic heterocycles. The summed E-state index contributed by atoms with van der Waals surface area (Å²) in [5.74, 6) is 0. The van der Waals surface area contributed by atoms with Crippen LogP contribution in [0.25, 0.3) is 0 Å². The first-order valence-corrected chi connectivity index (χ1v) is 3.61. The van der Waals surface area contributed by atoms with Gasteiger partial charge in [-0.15, -0.1) is 0 Å². The summed E-state index contributed by atoms with van der Waals surface area (Å²) in [6.45, 7) is 5.91. The van der Waals surface area contributed by atoms with E-state index in [0.717, 1.165) is 5.56 Å². The Morgan fingerprint density at radius 2 is 1.60 bits per heavy atom. The fourth-order valence-electron chi connectivity index (χ4n) is 0.377. The lowest BCUT2D eigenvalue weighted by atomic mass is 10.4. The number of aromatic nitrogens is 2. The Hall–Kier alpha value is -0.630. The van der Waals surface area contributed by atoms with Crippen molar-refractivity contribution in [2.45, 2.75) is 20.8 Å². The summed E-state index contributed by atoms with van der Waals surface area (Å²) in [5.41, 5.74) is 1.02. The quantitative estimate of drug-likeness (QED) is 0.542. The fourth-order valence-corrected chi connectivity index (χ4v) is 0.474. The second-order valence-corrected chi connectivity index (χ2v) is 1.87. The normalized spacial score (nSPS) is 8.00. The van der Waals surface area contributed by atoms with Crippen molar-refractivity contribution >= 4 is 11.6 Å². The molecule has 2 nitrogen and oxygen atoms in total. The minimum Gasteiger partial charge on any atom is -0.226 e. The molecule has 1 aromatic rings. The zero-order valence-electron chi connectivity index (χ0n) is 6.43. The summed E-state index contributed by atoms with van der Waals surface area (Å²) in [7, 11) is 0. The molecule has 0 unspecified atom stereocenters. The van der Waals surface area contributed by atoms with E-state index in [-0.39, 0.29) is 0 Å². The molecule has 0 saturated carbocycles. The Balaban J connectivity index is 0.000000371. The molecule has 56 valence electrons. The number of aryl methyl sites for hydroxylation is 1. The van der Waals surface area contributed by atoms with Gasteiger partial charge in [-0.1, -0.05) is 13.8 Å². The van der Waals surface area contributed by atoms with Crippen LogP contribution >= 0.6 is 11.6 Å². The van der Waals surface area contributed by atoms with Crippen molar-refractivity contribution in [2.75, 3.05) is 0 Å². The third-order valence-corrected chi connectivity index (χ3v) is 0.945. The number of hydrogen-bond donors (Lipinski definition) is 0. The van der Waals surface area contributed by atoms with E-state index in [1.165, 1.54) is 0 Å². The molecule has 1 heterocycles. The van der Waals surface area contributed by atoms with Crippen LogP contribution in [0.4, 0.5) is 0 Å². The summed E-state index contributed by atoms with van der Waals surface area (Å²) in [6, 6.07) is 0. The van der Waals surface area contributed by atoms with Gasteiger partial charge in [-0.3, -0.25) is 0 Å². The van der Waals surface area contributed by atoms with Crippen molar-refractivity contribution in [3.05, 3.63) is 23.2 Å². The van der Waals surface area contributed by atoms with E-state index in [0.29, 0.717) is 5.28 Å². The van der Waals surface area contributed by atoms with Crippen molar-refractivity contribution in [1.29, 1.82) is 0 Å². The zero-order chi connectivity index (χ0) is 7.98. The molecule has 0 aliphatic carbocycles. The Labute approximate surface area is 66.3 Å². The minimum atomic E-state index is 0.301. The molecule has 0 spiro atoms. The highest BCUT2D eigenvalue weighted by Crippen LogP contribution is 1.97. The first-order valence-electron chi connectivity index (χ1n) is 3.23. The third-order valence-electron chi connectivity index (χ3n) is 0.749. The van der Waals surface area contributed by atoms with Crippen LogP contribution in [0.2, 0.25) is 5.28 Å². The number of halogens is 1. The lowest BCUT2D eigenvalue weighted by molar-refractivity contribution is 1.13. The molecular formula is C7H11ClN2. The van der Waals surface area contributed by atoms with Gasteiger partial charge in [0, 0.05) is 12.4 Å². The van der Waals surface area contributed by atoms with E-state index in [1.54, 1.807) is 12.4 Å². The molecule has 0 aromatic carbocycles. The van der Waals surface area contributed by atoms with Gasteiger partial charge in [-0.2, -0.15) is 0 Å². The third kappa shape index (κ3) is 3.41. The minimum absolute atomic E-state index is 0.301. The van der Waals surface area contributed by atoms with Crippen LogP contribution in [-0.2, 0) is 0 Å². The lowest BCUT2D eigenvalue weighted by Gasteiger charge is -1.86. The predicted octanol–water partition coefficient (Wildman–Crippen LogP) is 2.46. The topological polar surface area (TPSA) is 25.8 Å². The monoisotopic (exact) mass is 158 g/mol. The van der Waals surface area contributed by atoms with E-state index >= 15 is 0 Å². The highest BCUT2D eigenvalue weighted by Gasteiger charge is 1.84. The molecule has 0 fully saturated rings. The van der Waals surface area contributed by atoms with E-state index in [2.05, 4.69) is 9.97 Å². The van der Waals surface area contributed by atoms with Gasteiger partial charge in [0.1, 0.15) is 0 Å². The lowest BCUT2D eigenvalue weighted by Crippen LogP contribution is -1.80. The van der Waals surface area contributed by atoms with Crippen LogP contribution in [0.1, 0.15) is 19.4 Å². The van der Waals surface area contributed by atoms with E-state index in [1.807, 2.05) is 20.8 Å². The Bertz CT molecular complexity index is 150. The number of hydrogen-bond acceptors (Lipinski definition) is 2. The van der Waals surface area contributed by atoms with Gasteiger partial charge in [0.15, 0.2) is 0 Å². The predicted molar refractivity (Wildman–Crippen MR) is 43.1 cm³/mol. The molecule has 0 bridgehead atoms. The molecule has 0 amide bonds. The smallest absolute Gasteiger partial charge is 0.222 e. The average Bonchev–Trinajstić information content (AvgIpc) is 2.00. The standard InChI is InChI=1S/C5H5ClN2.C2H6/c1-4-2-7-5(6)8-3-4;1-2/h2-3H,1H3;1-2H3. The first kappa shape index (κ1) is 9.37. The van der Waals surface area contributed by atoms with Crippen LogP contribution in [0.15, 0.2) is 12.4 Å². The second kappa shape index (κ2) is 5.18.